The highest BCUT2D eigenvalue weighted by molar-refractivity contribution is 7.89. The van der Waals surface area contributed by atoms with Crippen molar-refractivity contribution in [1.29, 1.82) is 5.26 Å². The molecule has 1 atom stereocenters. The molecule has 0 unspecified atom stereocenters. The number of hydrogen-bond donors (Lipinski definition) is 2. The lowest BCUT2D eigenvalue weighted by Crippen LogP contribution is -2.42. The van der Waals surface area contributed by atoms with Crippen LogP contribution in [0, 0.1) is 23.2 Å². The highest BCUT2D eigenvalue weighted by Gasteiger charge is 2.27. The number of ether oxygens (including phenoxy) is 1. The molecule has 0 saturated heterocycles. The fraction of sp³-hybridized carbons (Fsp3) is 0.250. The maximum Gasteiger partial charge on any atom is 0.322 e. The minimum absolute atomic E-state index is 0.0864. The molecule has 0 aliphatic rings. The van der Waals surface area contributed by atoms with Crippen molar-refractivity contribution >= 4 is 26.9 Å². The van der Waals surface area contributed by atoms with E-state index in [2.05, 4.69) is 60.7 Å². The lowest BCUT2D eigenvalue weighted by Gasteiger charge is -2.15. The molecule has 0 fully saturated rings. The van der Waals surface area contributed by atoms with Crippen molar-refractivity contribution in [2.45, 2.75) is 50.6 Å². The molecule has 0 amide bonds. The van der Waals surface area contributed by atoms with Crippen molar-refractivity contribution in [3.8, 4) is 23.7 Å². The number of carbonyl (C=O) groups is 1. The number of carboxylic acid groups (broad SMARTS) is 1. The van der Waals surface area contributed by atoms with Gasteiger partial charge in [-0.3, -0.25) is 4.79 Å². The Bertz CT molecular complexity index is 1750. The lowest BCUT2D eigenvalue weighted by molar-refractivity contribution is -0.138. The first-order chi connectivity index (χ1) is 19.6. The Morgan fingerprint density at radius 1 is 1.07 bits per heavy atom. The van der Waals surface area contributed by atoms with Crippen molar-refractivity contribution in [2.75, 3.05) is 6.61 Å². The zero-order chi connectivity index (χ0) is 29.6. The molecule has 0 radical (unpaired) electrons. The van der Waals surface area contributed by atoms with E-state index in [1.54, 1.807) is 19.1 Å². The summed E-state index contributed by atoms with van der Waals surface area (Å²) in [6.45, 7) is 6.66. The van der Waals surface area contributed by atoms with Gasteiger partial charge >= 0.3 is 5.97 Å². The Balaban J connectivity index is 1.61. The van der Waals surface area contributed by atoms with Gasteiger partial charge in [0.1, 0.15) is 18.4 Å². The summed E-state index contributed by atoms with van der Waals surface area (Å²) in [6.07, 6.45) is 1.72. The molecule has 3 aromatic carbocycles. The van der Waals surface area contributed by atoms with Crippen molar-refractivity contribution in [3.05, 3.63) is 95.2 Å². The molecule has 1 aromatic heterocycles. The first-order valence-electron chi connectivity index (χ1n) is 13.1. The molecule has 0 aliphatic heterocycles. The van der Waals surface area contributed by atoms with Crippen LogP contribution in [0.4, 0.5) is 0 Å². The Morgan fingerprint density at radius 2 is 1.78 bits per heavy atom. The van der Waals surface area contributed by atoms with Crippen LogP contribution < -0.4 is 9.46 Å². The van der Waals surface area contributed by atoms with Crippen LogP contribution >= 0.6 is 0 Å². The molecule has 9 heteroatoms. The number of aromatic nitrogens is 1. The number of nitrogens with zero attached hydrogens (tertiary/aromatic N) is 2. The van der Waals surface area contributed by atoms with Crippen LogP contribution in [-0.4, -0.2) is 36.7 Å². The minimum atomic E-state index is -4.16. The number of fused-ring (bicyclic) bond motifs is 1. The Kier molecular flexibility index (Phi) is 9.14. The first kappa shape index (κ1) is 29.4. The summed E-state index contributed by atoms with van der Waals surface area (Å²) in [5.74, 6) is 5.01. The van der Waals surface area contributed by atoms with Gasteiger partial charge in [-0.15, -0.1) is 5.92 Å². The molecule has 2 N–H and O–H groups in total. The van der Waals surface area contributed by atoms with E-state index >= 15 is 0 Å². The minimum Gasteiger partial charge on any atom is -0.481 e. The van der Waals surface area contributed by atoms with Gasteiger partial charge in [0.15, 0.2) is 0 Å². The van der Waals surface area contributed by atoms with Crippen molar-refractivity contribution in [3.63, 3.8) is 0 Å². The van der Waals surface area contributed by atoms with Crippen LogP contribution in [-0.2, 0) is 27.8 Å². The third-order valence-electron chi connectivity index (χ3n) is 6.73. The quantitative estimate of drug-likeness (QED) is 0.244. The molecule has 4 aromatic rings. The third kappa shape index (κ3) is 7.15. The van der Waals surface area contributed by atoms with Gasteiger partial charge in [0, 0.05) is 30.1 Å². The second-order valence-electron chi connectivity index (χ2n) is 9.93. The average molecular weight is 570 g/mol. The second kappa shape index (κ2) is 12.7. The highest BCUT2D eigenvalue weighted by atomic mass is 32.2. The summed E-state index contributed by atoms with van der Waals surface area (Å²) in [7, 11) is -4.16. The van der Waals surface area contributed by atoms with Crippen molar-refractivity contribution in [2.24, 2.45) is 0 Å². The highest BCUT2D eigenvalue weighted by Crippen LogP contribution is 2.26. The Morgan fingerprint density at radius 3 is 2.39 bits per heavy atom. The zero-order valence-electron chi connectivity index (χ0n) is 23.1. The predicted molar refractivity (Wildman–Crippen MR) is 157 cm³/mol. The zero-order valence-corrected chi connectivity index (χ0v) is 23.9. The van der Waals surface area contributed by atoms with E-state index in [4.69, 9.17) is 4.74 Å². The standard InChI is InChI=1S/C32H31N3O5S/c1-4-5-16-40-27-11-13-28(14-12-27)41(38,39)34-30(32(36)37)18-26-21-35(31-15-8-24(19-33)17-29(26)31)20-23-6-9-25(10-7-23)22(2)3/h6-15,17,21-22,30,34H,16,18,20H2,1-3H3,(H,36,37)/t30-/m0/s1. The molecular weight excluding hydrogens is 538 g/mol. The summed E-state index contributed by atoms with van der Waals surface area (Å²) in [4.78, 5) is 12.2. The van der Waals surface area contributed by atoms with E-state index in [0.29, 0.717) is 34.7 Å². The van der Waals surface area contributed by atoms with E-state index in [1.165, 1.54) is 29.8 Å². The number of nitriles is 1. The number of sulfonamides is 1. The van der Waals surface area contributed by atoms with Gasteiger partial charge in [-0.05, 0) is 72.0 Å². The number of carboxylic acids is 1. The van der Waals surface area contributed by atoms with Crippen molar-refractivity contribution in [1.82, 2.24) is 9.29 Å². The van der Waals surface area contributed by atoms with Crippen LogP contribution in [0.1, 0.15) is 48.9 Å². The molecule has 0 aliphatic carbocycles. The van der Waals surface area contributed by atoms with E-state index in [-0.39, 0.29) is 17.9 Å². The van der Waals surface area contributed by atoms with Gasteiger partial charge in [-0.25, -0.2) is 8.42 Å². The fourth-order valence-corrected chi connectivity index (χ4v) is 5.69. The summed E-state index contributed by atoms with van der Waals surface area (Å²) in [5.41, 5.74) is 4.16. The lowest BCUT2D eigenvalue weighted by atomic mass is 10.0. The summed E-state index contributed by atoms with van der Waals surface area (Å²) >= 11 is 0. The average Bonchev–Trinajstić information content (AvgIpc) is 3.29. The van der Waals surface area contributed by atoms with Crippen molar-refractivity contribution < 1.29 is 23.1 Å². The first-order valence-corrected chi connectivity index (χ1v) is 14.6. The Hall–Kier alpha value is -4.57. The van der Waals surface area contributed by atoms with Crippen LogP contribution in [0.5, 0.6) is 5.75 Å². The van der Waals surface area contributed by atoms with Gasteiger partial charge in [0.25, 0.3) is 0 Å². The van der Waals surface area contributed by atoms with Crippen LogP contribution in [0.3, 0.4) is 0 Å². The fourth-order valence-electron chi connectivity index (χ4n) is 4.50. The topological polar surface area (TPSA) is 121 Å². The van der Waals surface area contributed by atoms with E-state index < -0.39 is 22.0 Å². The number of rotatable bonds is 11. The summed E-state index contributed by atoms with van der Waals surface area (Å²) in [6, 6.07) is 19.9. The molecule has 0 saturated carbocycles. The van der Waals surface area contributed by atoms with Gasteiger partial charge in [0.2, 0.25) is 10.0 Å². The van der Waals surface area contributed by atoms with Gasteiger partial charge in [-0.2, -0.15) is 9.98 Å². The molecule has 210 valence electrons. The maximum absolute atomic E-state index is 13.1. The molecule has 0 bridgehead atoms. The number of benzene rings is 3. The van der Waals surface area contributed by atoms with Crippen LogP contribution in [0.2, 0.25) is 0 Å². The van der Waals surface area contributed by atoms with Gasteiger partial charge < -0.3 is 14.4 Å². The molecule has 8 nitrogen and oxygen atoms in total. The SMILES string of the molecule is CC#CCOc1ccc(S(=O)(=O)N[C@@H](Cc2cn(Cc3ccc(C(C)C)cc3)c3ccc(C#N)cc23)C(=O)O)cc1. The molecule has 1 heterocycles. The summed E-state index contributed by atoms with van der Waals surface area (Å²) in [5, 5.41) is 20.1. The molecule has 0 spiro atoms. The number of nitrogens with one attached hydrogen (secondary N) is 1. The number of hydrogen-bond acceptors (Lipinski definition) is 5. The van der Waals surface area contributed by atoms with E-state index in [0.717, 1.165) is 11.1 Å². The van der Waals surface area contributed by atoms with E-state index in [9.17, 15) is 23.6 Å². The molecular formula is C32H31N3O5S. The Labute approximate surface area is 240 Å². The smallest absolute Gasteiger partial charge is 0.322 e. The second-order valence-corrected chi connectivity index (χ2v) is 11.6. The predicted octanol–water partition coefficient (Wildman–Crippen LogP) is 5.06. The molecule has 41 heavy (non-hydrogen) atoms. The normalized spacial score (nSPS) is 12.0. The maximum atomic E-state index is 13.1. The molecule has 4 rings (SSSR count). The van der Waals surface area contributed by atoms with Gasteiger partial charge in [-0.1, -0.05) is 44.0 Å². The monoisotopic (exact) mass is 569 g/mol. The van der Waals surface area contributed by atoms with Crippen LogP contribution in [0.15, 0.2) is 77.8 Å². The van der Waals surface area contributed by atoms with Crippen LogP contribution in [0.25, 0.3) is 10.9 Å². The largest absolute Gasteiger partial charge is 0.481 e. The van der Waals surface area contributed by atoms with Gasteiger partial charge in [0.05, 0.1) is 16.5 Å². The number of aliphatic carboxylic acids is 1. The summed E-state index contributed by atoms with van der Waals surface area (Å²) < 4.78 is 36.0. The third-order valence-corrected chi connectivity index (χ3v) is 8.22. The van der Waals surface area contributed by atoms with E-state index in [1.807, 2.05) is 16.8 Å².